The molecular weight excluding hydrogens is 905 g/mol. The molecule has 2 aromatic carbocycles. The zero-order valence-corrected chi connectivity index (χ0v) is 42.3. The number of rotatable bonds is 30. The van der Waals surface area contributed by atoms with Gasteiger partial charge in [-0.3, -0.25) is 0 Å². The molecule has 2 aromatic rings. The van der Waals surface area contributed by atoms with Gasteiger partial charge in [-0.15, -0.1) is 0 Å². The number of ether oxygens (including phenoxy) is 4. The Kier molecular flexibility index (Phi) is 34.4. The average Bonchev–Trinajstić information content (AvgIpc) is 3.26. The Morgan fingerprint density at radius 2 is 0.662 bits per heavy atom. The van der Waals surface area contributed by atoms with Crippen LogP contribution in [0, 0.1) is 0 Å². The molecule has 0 radical (unpaired) electrons. The van der Waals surface area contributed by atoms with Crippen LogP contribution in [0.5, 0.6) is 0 Å². The van der Waals surface area contributed by atoms with E-state index in [9.17, 15) is 45.1 Å². The van der Waals surface area contributed by atoms with Crippen LogP contribution in [-0.2, 0) is 39.2 Å². The van der Waals surface area contributed by atoms with E-state index in [2.05, 4.69) is 27.7 Å². The number of hydrogen-bond donors (Lipinski definition) is 0. The SMILES string of the molecule is CCCCCC/C=C/OC(=O)c1ccc(S(=O)(=O)[O-])cc1C(=O)O/C=C/CCCCCC.CCCCCC/C=C/OC(=O)c1ccc(S(=O)(=O)[O-])cc1C(=O)O/C=C/CCCCCC.[Ca+2]. The normalized spacial score (nSPS) is 11.7. The molecule has 0 saturated carbocycles. The molecule has 0 spiro atoms. The van der Waals surface area contributed by atoms with Gasteiger partial charge in [0.05, 0.1) is 57.1 Å². The number of carbonyl (C=O) groups is 4. The van der Waals surface area contributed by atoms with Crippen LogP contribution < -0.4 is 0 Å². The average molecular weight is 971 g/mol. The van der Waals surface area contributed by atoms with E-state index in [-0.39, 0.29) is 60.0 Å². The molecule has 0 heterocycles. The topological polar surface area (TPSA) is 220 Å². The van der Waals surface area contributed by atoms with Gasteiger partial charge in [-0.1, -0.05) is 105 Å². The smallest absolute Gasteiger partial charge is 0.744 e. The molecule has 356 valence electrons. The summed E-state index contributed by atoms with van der Waals surface area (Å²) in [7, 11) is -9.63. The molecule has 0 aromatic heterocycles. The monoisotopic (exact) mass is 970 g/mol. The van der Waals surface area contributed by atoms with Crippen LogP contribution >= 0.6 is 0 Å². The van der Waals surface area contributed by atoms with Crippen LogP contribution in [-0.4, -0.2) is 87.6 Å². The Balaban J connectivity index is 0.00000124. The Labute approximate surface area is 416 Å². The van der Waals surface area contributed by atoms with E-state index in [1.807, 2.05) is 0 Å². The number of allylic oxidation sites excluding steroid dienone is 4. The van der Waals surface area contributed by atoms with E-state index >= 15 is 0 Å². The van der Waals surface area contributed by atoms with Gasteiger partial charge < -0.3 is 28.1 Å². The fourth-order valence-corrected chi connectivity index (χ4v) is 6.77. The van der Waals surface area contributed by atoms with Crippen molar-refractivity contribution in [3.8, 4) is 0 Å². The first-order valence-corrected chi connectivity index (χ1v) is 25.1. The molecule has 0 fully saturated rings. The number of esters is 4. The van der Waals surface area contributed by atoms with Gasteiger partial charge in [0, 0.05) is 0 Å². The van der Waals surface area contributed by atoms with E-state index in [4.69, 9.17) is 18.9 Å². The van der Waals surface area contributed by atoms with Gasteiger partial charge in [0.25, 0.3) is 0 Å². The van der Waals surface area contributed by atoms with Crippen molar-refractivity contribution in [1.29, 1.82) is 0 Å². The van der Waals surface area contributed by atoms with E-state index < -0.39 is 53.9 Å². The molecule has 2 rings (SSSR count). The molecule has 0 atom stereocenters. The second-order valence-electron chi connectivity index (χ2n) is 14.8. The van der Waals surface area contributed by atoms with Gasteiger partial charge in [-0.2, -0.15) is 0 Å². The summed E-state index contributed by atoms with van der Waals surface area (Å²) < 4.78 is 88.2. The summed E-state index contributed by atoms with van der Waals surface area (Å²) in [5, 5.41) is 0. The minimum Gasteiger partial charge on any atom is -0.744 e. The standard InChI is InChI=1S/2C24H34O7S.Ca/c2*1-3-5-7-9-11-13-17-30-23(25)21-16-15-20(32(27,28)29)19-22(21)24(26)31-18-14-12-10-8-6-4-2;/h2*13-19H,3-12H2,1-2H3,(H,27,28,29);/q;;+2/p-2/b2*17-13+,18-14+;. The zero-order chi connectivity index (χ0) is 47.6. The molecular formula is C48H66CaO14S2. The molecule has 0 aliphatic heterocycles. The van der Waals surface area contributed by atoms with E-state index in [0.717, 1.165) is 165 Å². The Hall–Kier alpha value is -3.64. The van der Waals surface area contributed by atoms with Crippen molar-refractivity contribution in [2.24, 2.45) is 0 Å². The van der Waals surface area contributed by atoms with Crippen molar-refractivity contribution >= 4 is 81.9 Å². The molecule has 0 bridgehead atoms. The third-order valence-corrected chi connectivity index (χ3v) is 11.1. The Morgan fingerprint density at radius 3 is 0.892 bits per heavy atom. The maximum Gasteiger partial charge on any atom is 2.00 e. The summed E-state index contributed by atoms with van der Waals surface area (Å²) in [4.78, 5) is 48.5. The molecule has 0 aliphatic rings. The van der Waals surface area contributed by atoms with Crippen molar-refractivity contribution < 1.29 is 64.1 Å². The fourth-order valence-electron chi connectivity index (χ4n) is 5.77. The number of benzene rings is 2. The van der Waals surface area contributed by atoms with Crippen molar-refractivity contribution in [3.63, 3.8) is 0 Å². The molecule has 0 saturated heterocycles. The Morgan fingerprint density at radius 1 is 0.415 bits per heavy atom. The summed E-state index contributed by atoms with van der Waals surface area (Å²) in [6.07, 6.45) is 31.8. The third-order valence-electron chi connectivity index (χ3n) is 9.42. The van der Waals surface area contributed by atoms with E-state index in [1.165, 1.54) is 25.0 Å². The summed E-state index contributed by atoms with van der Waals surface area (Å²) in [6.45, 7) is 8.46. The third kappa shape index (κ3) is 27.6. The minimum atomic E-state index is -4.81. The minimum absolute atomic E-state index is 0. The first-order chi connectivity index (χ1) is 30.6. The number of unbranched alkanes of at least 4 members (excludes halogenated alkanes) is 16. The Bertz CT molecular complexity index is 1930. The van der Waals surface area contributed by atoms with Gasteiger partial charge in [-0.25, -0.2) is 36.0 Å². The summed E-state index contributed by atoms with van der Waals surface area (Å²) in [5.41, 5.74) is -1.07. The molecule has 14 nitrogen and oxygen atoms in total. The first kappa shape index (κ1) is 61.4. The van der Waals surface area contributed by atoms with E-state index in [0.29, 0.717) is 0 Å². The van der Waals surface area contributed by atoms with Gasteiger partial charge in [0.1, 0.15) is 20.2 Å². The van der Waals surface area contributed by atoms with Crippen LogP contribution in [0.3, 0.4) is 0 Å². The molecule has 65 heavy (non-hydrogen) atoms. The maximum atomic E-state index is 12.5. The first-order valence-electron chi connectivity index (χ1n) is 22.3. The van der Waals surface area contributed by atoms with Crippen LogP contribution in [0.4, 0.5) is 0 Å². The molecule has 0 N–H and O–H groups in total. The molecule has 17 heteroatoms. The van der Waals surface area contributed by atoms with Gasteiger partial charge >= 0.3 is 61.6 Å². The van der Waals surface area contributed by atoms with E-state index in [1.54, 1.807) is 24.3 Å². The van der Waals surface area contributed by atoms with Gasteiger partial charge in [0.2, 0.25) is 0 Å². The predicted molar refractivity (Wildman–Crippen MR) is 248 cm³/mol. The van der Waals surface area contributed by atoms with Crippen molar-refractivity contribution in [2.45, 2.75) is 166 Å². The number of hydrogen-bond acceptors (Lipinski definition) is 14. The van der Waals surface area contributed by atoms with Crippen LogP contribution in [0.25, 0.3) is 0 Å². The van der Waals surface area contributed by atoms with Crippen LogP contribution in [0.15, 0.2) is 95.5 Å². The number of carbonyl (C=O) groups excluding carboxylic acids is 4. The predicted octanol–water partition coefficient (Wildman–Crippen LogP) is 11.4. The van der Waals surface area contributed by atoms with Crippen LogP contribution in [0.1, 0.15) is 198 Å². The van der Waals surface area contributed by atoms with Gasteiger partial charge in [-0.05, 0) is 112 Å². The van der Waals surface area contributed by atoms with Crippen molar-refractivity contribution in [1.82, 2.24) is 0 Å². The maximum absolute atomic E-state index is 12.5. The van der Waals surface area contributed by atoms with Gasteiger partial charge in [0.15, 0.2) is 0 Å². The van der Waals surface area contributed by atoms with Crippen molar-refractivity contribution in [3.05, 3.63) is 108 Å². The largest absolute Gasteiger partial charge is 2.00 e. The zero-order valence-electron chi connectivity index (χ0n) is 38.5. The molecule has 0 unspecified atom stereocenters. The van der Waals surface area contributed by atoms with Crippen LogP contribution in [0.2, 0.25) is 0 Å². The fraction of sp³-hybridized carbons (Fsp3) is 0.500. The summed E-state index contributed by atoms with van der Waals surface area (Å²) >= 11 is 0. The summed E-state index contributed by atoms with van der Waals surface area (Å²) in [6, 6.07) is 5.76. The molecule has 0 aliphatic carbocycles. The molecule has 0 amide bonds. The second kappa shape index (κ2) is 36.5. The second-order valence-corrected chi connectivity index (χ2v) is 17.6. The summed E-state index contributed by atoms with van der Waals surface area (Å²) in [5.74, 6) is -3.59. The van der Waals surface area contributed by atoms with Crippen molar-refractivity contribution in [2.75, 3.05) is 0 Å². The quantitative estimate of drug-likeness (QED) is 0.0178.